The van der Waals surface area contributed by atoms with Crippen LogP contribution >= 0.6 is 11.5 Å². The molecular formula is C23H23FN6O5S. The van der Waals surface area contributed by atoms with E-state index in [0.29, 0.717) is 28.0 Å². The number of anilines is 2. The molecule has 4 aromatic rings. The Bertz CT molecular complexity index is 1430. The first-order valence-electron chi connectivity index (χ1n) is 10.9. The van der Waals surface area contributed by atoms with Crippen molar-refractivity contribution in [1.82, 2.24) is 23.5 Å². The second kappa shape index (κ2) is 11.2. The van der Waals surface area contributed by atoms with Crippen LogP contribution in [0.4, 0.5) is 16.0 Å². The largest absolute Gasteiger partial charge is 0.430 e. The van der Waals surface area contributed by atoms with Gasteiger partial charge in [0.15, 0.2) is 0 Å². The normalized spacial score (nSPS) is 11.1. The fourth-order valence-electron chi connectivity index (χ4n) is 3.28. The van der Waals surface area contributed by atoms with Crippen LogP contribution in [0.3, 0.4) is 0 Å². The van der Waals surface area contributed by atoms with E-state index in [0.717, 1.165) is 16.1 Å². The molecule has 13 heteroatoms. The molecule has 0 saturated carbocycles. The number of aromatic nitrogens is 5. The Hall–Kier alpha value is -3.94. The number of aliphatic hydroxyl groups is 2. The predicted octanol–water partition coefficient (Wildman–Crippen LogP) is 1.89. The smallest absolute Gasteiger partial charge is 0.354 e. The van der Waals surface area contributed by atoms with E-state index < -0.39 is 36.3 Å². The number of nitrogens with zero attached hydrogens (tertiary/aromatic N) is 5. The van der Waals surface area contributed by atoms with Crippen LogP contribution < -0.4 is 21.4 Å². The number of benzene rings is 2. The summed E-state index contributed by atoms with van der Waals surface area (Å²) in [7, 11) is 0. The van der Waals surface area contributed by atoms with Gasteiger partial charge in [-0.3, -0.25) is 4.57 Å². The Morgan fingerprint density at radius 3 is 2.33 bits per heavy atom. The molecule has 2 aromatic heterocycles. The van der Waals surface area contributed by atoms with Crippen LogP contribution in [-0.4, -0.2) is 46.9 Å². The zero-order valence-corrected chi connectivity index (χ0v) is 20.0. The van der Waals surface area contributed by atoms with Gasteiger partial charge in [-0.25, -0.2) is 18.5 Å². The quantitative estimate of drug-likeness (QED) is 0.289. The van der Waals surface area contributed by atoms with Crippen molar-refractivity contribution in [2.45, 2.75) is 20.0 Å². The van der Waals surface area contributed by atoms with E-state index in [1.54, 1.807) is 31.2 Å². The van der Waals surface area contributed by atoms with Gasteiger partial charge in [0, 0.05) is 42.9 Å². The molecule has 0 aliphatic heterocycles. The highest BCUT2D eigenvalue weighted by atomic mass is 32.1. The molecule has 0 amide bonds. The monoisotopic (exact) mass is 514 g/mol. The zero-order valence-electron chi connectivity index (χ0n) is 19.2. The summed E-state index contributed by atoms with van der Waals surface area (Å²) in [6.07, 6.45) is 0. The van der Waals surface area contributed by atoms with Crippen molar-refractivity contribution in [1.29, 1.82) is 0 Å². The average molecular weight is 515 g/mol. The van der Waals surface area contributed by atoms with Crippen molar-refractivity contribution in [3.63, 3.8) is 0 Å². The average Bonchev–Trinajstić information content (AvgIpc) is 3.28. The Labute approximate surface area is 208 Å². The molecule has 188 valence electrons. The van der Waals surface area contributed by atoms with Gasteiger partial charge in [-0.05, 0) is 48.9 Å². The third-order valence-electron chi connectivity index (χ3n) is 5.19. The highest BCUT2D eigenvalue weighted by Gasteiger charge is 2.17. The van der Waals surface area contributed by atoms with Crippen molar-refractivity contribution in [2.24, 2.45) is 5.92 Å². The van der Waals surface area contributed by atoms with Crippen LogP contribution in [0.25, 0.3) is 0 Å². The summed E-state index contributed by atoms with van der Waals surface area (Å²) in [6.45, 7) is 0.723. The molecule has 0 unspecified atom stereocenters. The Kier molecular flexibility index (Phi) is 7.83. The lowest BCUT2D eigenvalue weighted by Gasteiger charge is -2.17. The molecule has 0 saturated heterocycles. The minimum absolute atomic E-state index is 0.00473. The summed E-state index contributed by atoms with van der Waals surface area (Å²) >= 11 is 1.13. The number of aliphatic hydroxyl groups excluding tert-OH is 2. The molecule has 2 aromatic carbocycles. The number of rotatable bonds is 10. The summed E-state index contributed by atoms with van der Waals surface area (Å²) in [5.74, 6) is -0.0317. The van der Waals surface area contributed by atoms with Crippen LogP contribution in [0.15, 0.2) is 58.1 Å². The first-order chi connectivity index (χ1) is 17.4. The number of nitrogens with one attached hydrogen (secondary N) is 1. The number of aryl methyl sites for hydroxylation is 1. The highest BCUT2D eigenvalue weighted by Crippen LogP contribution is 2.25. The van der Waals surface area contributed by atoms with E-state index in [4.69, 9.17) is 4.74 Å². The van der Waals surface area contributed by atoms with Crippen LogP contribution in [0.1, 0.15) is 11.4 Å². The fourth-order valence-corrected chi connectivity index (χ4v) is 3.84. The topological polar surface area (TPSA) is 144 Å². The van der Waals surface area contributed by atoms with Gasteiger partial charge < -0.3 is 20.3 Å². The van der Waals surface area contributed by atoms with Crippen molar-refractivity contribution >= 4 is 23.2 Å². The number of ether oxygens (including phenoxy) is 1. The summed E-state index contributed by atoms with van der Waals surface area (Å²) in [5.41, 5.74) is -0.404. The third-order valence-corrected chi connectivity index (χ3v) is 5.87. The lowest BCUT2D eigenvalue weighted by Crippen LogP contribution is -2.44. The molecule has 0 aliphatic rings. The van der Waals surface area contributed by atoms with Gasteiger partial charge in [-0.2, -0.15) is 14.3 Å². The van der Waals surface area contributed by atoms with Gasteiger partial charge in [0.1, 0.15) is 17.4 Å². The third kappa shape index (κ3) is 6.00. The van der Waals surface area contributed by atoms with E-state index in [-0.39, 0.29) is 19.0 Å². The van der Waals surface area contributed by atoms with Gasteiger partial charge in [-0.15, -0.1) is 0 Å². The molecule has 0 bridgehead atoms. The van der Waals surface area contributed by atoms with E-state index in [1.165, 1.54) is 28.8 Å². The fraction of sp³-hybridized carbons (Fsp3) is 0.261. The van der Waals surface area contributed by atoms with Gasteiger partial charge in [0.2, 0.25) is 5.95 Å². The highest BCUT2D eigenvalue weighted by molar-refractivity contribution is 7.07. The lowest BCUT2D eigenvalue weighted by atomic mass is 10.2. The first kappa shape index (κ1) is 25.2. The van der Waals surface area contributed by atoms with Crippen molar-refractivity contribution in [3.8, 4) is 10.9 Å². The van der Waals surface area contributed by atoms with E-state index in [1.807, 2.05) is 0 Å². The molecule has 2 heterocycles. The second-order valence-electron chi connectivity index (χ2n) is 7.91. The lowest BCUT2D eigenvalue weighted by molar-refractivity contribution is 0.134. The predicted molar refractivity (Wildman–Crippen MR) is 130 cm³/mol. The summed E-state index contributed by atoms with van der Waals surface area (Å²) in [4.78, 5) is 34.1. The minimum atomic E-state index is -0.837. The number of hydrogen-bond donors (Lipinski definition) is 3. The van der Waals surface area contributed by atoms with Gasteiger partial charge in [-0.1, -0.05) is 12.1 Å². The number of halogens is 1. The van der Waals surface area contributed by atoms with Crippen molar-refractivity contribution in [3.05, 3.63) is 86.7 Å². The molecule has 0 fully saturated rings. The maximum atomic E-state index is 13.4. The van der Waals surface area contributed by atoms with Gasteiger partial charge in [0.05, 0.1) is 6.54 Å². The van der Waals surface area contributed by atoms with Crippen LogP contribution in [0, 0.1) is 18.7 Å². The standard InChI is InChI=1S/C23H23FN6O5S/c1-14-25-22(36-28-14)35-19-8-6-18(7-9-19)26-20-27-21(33)30(11-16(12-31)13-32)23(34)29(20)10-15-2-4-17(24)5-3-15/h2-9,16,31-32H,10-13H2,1H3,(H,26,27,33). The maximum absolute atomic E-state index is 13.4. The van der Waals surface area contributed by atoms with Crippen molar-refractivity contribution in [2.75, 3.05) is 18.5 Å². The molecule has 36 heavy (non-hydrogen) atoms. The van der Waals surface area contributed by atoms with Crippen LogP contribution in [0.5, 0.6) is 10.9 Å². The van der Waals surface area contributed by atoms with E-state index in [9.17, 15) is 24.2 Å². The Morgan fingerprint density at radius 2 is 1.72 bits per heavy atom. The van der Waals surface area contributed by atoms with Crippen LogP contribution in [-0.2, 0) is 13.1 Å². The molecule has 0 aliphatic carbocycles. The van der Waals surface area contributed by atoms with Gasteiger partial charge in [0.25, 0.3) is 5.19 Å². The summed E-state index contributed by atoms with van der Waals surface area (Å²) < 4.78 is 25.2. The van der Waals surface area contributed by atoms with Crippen molar-refractivity contribution < 1.29 is 19.3 Å². The second-order valence-corrected chi connectivity index (χ2v) is 8.63. The van der Waals surface area contributed by atoms with Gasteiger partial charge >= 0.3 is 11.4 Å². The SMILES string of the molecule is Cc1nsc(Oc2ccc(Nc3nc(=O)n(CC(CO)CO)c(=O)n3Cc3ccc(F)cc3)cc2)n1. The molecule has 11 nitrogen and oxygen atoms in total. The Balaban J connectivity index is 1.65. The first-order valence-corrected chi connectivity index (χ1v) is 11.7. The molecular weight excluding hydrogens is 491 g/mol. The van der Waals surface area contributed by atoms with E-state index >= 15 is 0 Å². The summed E-state index contributed by atoms with van der Waals surface area (Å²) in [5, 5.41) is 22.2. The maximum Gasteiger partial charge on any atom is 0.354 e. The molecule has 3 N–H and O–H groups in total. The van der Waals surface area contributed by atoms with Crippen LogP contribution in [0.2, 0.25) is 0 Å². The zero-order chi connectivity index (χ0) is 25.7. The molecule has 0 radical (unpaired) electrons. The Morgan fingerprint density at radius 1 is 1.03 bits per heavy atom. The van der Waals surface area contributed by atoms with E-state index in [2.05, 4.69) is 19.7 Å². The summed E-state index contributed by atoms with van der Waals surface area (Å²) in [6, 6.07) is 12.3. The molecule has 0 atom stereocenters. The number of hydrogen-bond acceptors (Lipinski definition) is 10. The minimum Gasteiger partial charge on any atom is -0.430 e. The molecule has 4 rings (SSSR count). The molecule has 0 spiro atoms.